The van der Waals surface area contributed by atoms with E-state index in [1.807, 2.05) is 6.08 Å². The van der Waals surface area contributed by atoms with Crippen LogP contribution in [0, 0.1) is 0 Å². The molecule has 0 amide bonds. The largest absolute Gasteiger partial charge is 0.462 e. The molecule has 0 spiro atoms. The maximum Gasteiger partial charge on any atom is 0.310 e. The predicted molar refractivity (Wildman–Crippen MR) is 325 cm³/mol. The smallest absolute Gasteiger partial charge is 0.310 e. The van der Waals surface area contributed by atoms with Gasteiger partial charge in [0.05, 0.1) is 6.42 Å². The molecule has 0 heterocycles. The molecule has 424 valence electrons. The fourth-order valence-corrected chi connectivity index (χ4v) is 8.13. The third-order valence-electron chi connectivity index (χ3n) is 12.7. The van der Waals surface area contributed by atoms with Crippen LogP contribution in [0.25, 0.3) is 0 Å². The minimum Gasteiger partial charge on any atom is -0.462 e. The van der Waals surface area contributed by atoms with E-state index in [0.717, 1.165) is 116 Å². The van der Waals surface area contributed by atoms with Crippen LogP contribution in [0.1, 0.15) is 265 Å². The molecular formula is C69H112O6. The van der Waals surface area contributed by atoms with Crippen molar-refractivity contribution in [2.75, 3.05) is 13.2 Å². The first-order valence-corrected chi connectivity index (χ1v) is 30.7. The van der Waals surface area contributed by atoms with E-state index in [2.05, 4.69) is 142 Å². The quantitative estimate of drug-likeness (QED) is 0.0261. The van der Waals surface area contributed by atoms with Crippen LogP contribution in [0.2, 0.25) is 0 Å². The molecule has 0 rings (SSSR count). The van der Waals surface area contributed by atoms with Crippen molar-refractivity contribution in [3.05, 3.63) is 134 Å². The van der Waals surface area contributed by atoms with Crippen LogP contribution in [-0.4, -0.2) is 37.2 Å². The number of carbonyl (C=O) groups excluding carboxylic acids is 3. The summed E-state index contributed by atoms with van der Waals surface area (Å²) in [7, 11) is 0. The molecule has 0 bridgehead atoms. The fraction of sp³-hybridized carbons (Fsp3) is 0.638. The summed E-state index contributed by atoms with van der Waals surface area (Å²) >= 11 is 0. The minimum absolute atomic E-state index is 0.0898. The fourth-order valence-electron chi connectivity index (χ4n) is 8.13. The normalized spacial score (nSPS) is 13.1. The van der Waals surface area contributed by atoms with Crippen LogP contribution in [-0.2, 0) is 28.6 Å². The lowest BCUT2D eigenvalue weighted by atomic mass is 10.0. The molecule has 1 atom stereocenters. The molecule has 0 N–H and O–H groups in total. The van der Waals surface area contributed by atoms with Crippen LogP contribution in [0.4, 0.5) is 0 Å². The van der Waals surface area contributed by atoms with E-state index < -0.39 is 12.1 Å². The summed E-state index contributed by atoms with van der Waals surface area (Å²) in [6, 6.07) is 0. The van der Waals surface area contributed by atoms with Gasteiger partial charge in [0.1, 0.15) is 13.2 Å². The second kappa shape index (κ2) is 62.1. The van der Waals surface area contributed by atoms with Gasteiger partial charge < -0.3 is 14.2 Å². The van der Waals surface area contributed by atoms with Gasteiger partial charge in [0.25, 0.3) is 0 Å². The molecule has 6 heteroatoms. The van der Waals surface area contributed by atoms with Crippen molar-refractivity contribution >= 4 is 17.9 Å². The number of rotatable bonds is 54. The molecule has 0 aliphatic carbocycles. The van der Waals surface area contributed by atoms with Crippen LogP contribution >= 0.6 is 0 Å². The Kier molecular flexibility index (Phi) is 58.4. The average molecular weight is 1040 g/mol. The summed E-state index contributed by atoms with van der Waals surface area (Å²) in [6.45, 7) is 6.29. The van der Waals surface area contributed by atoms with Gasteiger partial charge in [0.2, 0.25) is 0 Å². The number of ether oxygens (including phenoxy) is 3. The number of allylic oxidation sites excluding steroid dienone is 21. The first kappa shape index (κ1) is 70.5. The molecule has 6 nitrogen and oxygen atoms in total. The molecule has 0 saturated heterocycles. The highest BCUT2D eigenvalue weighted by Gasteiger charge is 2.19. The standard InChI is InChI=1S/C69H112O6/c1-4-7-10-13-16-19-22-25-28-29-30-31-32-33-34-35-36-37-38-39-42-44-47-50-53-56-59-62-68(71)74-65-66(75-69(72)63-60-57-54-51-48-45-41-27-24-21-18-15-12-9-6-3)64-73-67(70)61-58-55-52-49-46-43-40-26-23-20-17-14-11-8-5-2/h7,9-10,12,16-21,25-28,30-31,40-41,48,51,57,60,66H,4-6,8,11,13-15,22-24,29,32-39,42-47,49-50,52-56,58-59,61-65H2,1-3H3/b10-7-,12-9-,19-16-,20-17-,21-18-,28-25-,31-30-,40-26-,41-27-,51-48-,60-57-. The highest BCUT2D eigenvalue weighted by molar-refractivity contribution is 5.72. The van der Waals surface area contributed by atoms with Gasteiger partial charge in [0, 0.05) is 12.8 Å². The Hall–Kier alpha value is -4.45. The highest BCUT2D eigenvalue weighted by Crippen LogP contribution is 2.15. The van der Waals surface area contributed by atoms with Gasteiger partial charge in [0.15, 0.2) is 6.10 Å². The van der Waals surface area contributed by atoms with Gasteiger partial charge in [-0.2, -0.15) is 0 Å². The Labute approximate surface area is 462 Å². The summed E-state index contributed by atoms with van der Waals surface area (Å²) in [5.41, 5.74) is 0. The lowest BCUT2D eigenvalue weighted by molar-refractivity contribution is -0.166. The molecule has 0 aliphatic rings. The van der Waals surface area contributed by atoms with Crippen molar-refractivity contribution in [1.82, 2.24) is 0 Å². The molecule has 1 unspecified atom stereocenters. The Bertz CT molecular complexity index is 1620. The molecule has 0 aromatic heterocycles. The van der Waals surface area contributed by atoms with Gasteiger partial charge in [-0.05, 0) is 116 Å². The van der Waals surface area contributed by atoms with E-state index in [0.29, 0.717) is 19.3 Å². The van der Waals surface area contributed by atoms with Gasteiger partial charge in [-0.1, -0.05) is 264 Å². The third kappa shape index (κ3) is 60.3. The van der Waals surface area contributed by atoms with Crippen molar-refractivity contribution in [2.45, 2.75) is 271 Å². The molecule has 75 heavy (non-hydrogen) atoms. The summed E-state index contributed by atoms with van der Waals surface area (Å²) in [6.07, 6.45) is 87.7. The lowest BCUT2D eigenvalue weighted by Gasteiger charge is -2.18. The zero-order valence-electron chi connectivity index (χ0n) is 48.5. The second-order valence-corrected chi connectivity index (χ2v) is 19.9. The summed E-state index contributed by atoms with van der Waals surface area (Å²) < 4.78 is 16.8. The Morgan fingerprint density at radius 2 is 0.560 bits per heavy atom. The molecular weight excluding hydrogens is 925 g/mol. The van der Waals surface area contributed by atoms with Gasteiger partial charge in [-0.3, -0.25) is 14.4 Å². The van der Waals surface area contributed by atoms with Crippen molar-refractivity contribution in [3.8, 4) is 0 Å². The SMILES string of the molecule is CC/C=C\C/C=C\C/C=C\C/C=C\C/C=C\CC(=O)OC(COC(=O)CCCCCCC/C=C\C/C=C\CCCCC)COC(=O)CCCCCCCCCCCCCCCC/C=C\C/C=C\C/C=C\C/C=C\CC. The number of hydrogen-bond acceptors (Lipinski definition) is 6. The Morgan fingerprint density at radius 1 is 0.293 bits per heavy atom. The topological polar surface area (TPSA) is 78.9 Å². The number of esters is 3. The molecule has 0 aromatic rings. The van der Waals surface area contributed by atoms with Crippen molar-refractivity contribution in [1.29, 1.82) is 0 Å². The van der Waals surface area contributed by atoms with Crippen molar-refractivity contribution < 1.29 is 28.6 Å². The average Bonchev–Trinajstić information content (AvgIpc) is 3.41. The zero-order valence-corrected chi connectivity index (χ0v) is 48.5. The molecule has 0 aromatic carbocycles. The molecule has 0 radical (unpaired) electrons. The van der Waals surface area contributed by atoms with E-state index >= 15 is 0 Å². The van der Waals surface area contributed by atoms with Gasteiger partial charge >= 0.3 is 17.9 Å². The maximum atomic E-state index is 12.8. The van der Waals surface area contributed by atoms with Crippen molar-refractivity contribution in [2.24, 2.45) is 0 Å². The van der Waals surface area contributed by atoms with E-state index in [9.17, 15) is 14.4 Å². The van der Waals surface area contributed by atoms with E-state index in [-0.39, 0.29) is 31.6 Å². The molecule has 0 aliphatic heterocycles. The van der Waals surface area contributed by atoms with Crippen LogP contribution in [0.5, 0.6) is 0 Å². The van der Waals surface area contributed by atoms with E-state index in [4.69, 9.17) is 14.2 Å². The van der Waals surface area contributed by atoms with Crippen LogP contribution in [0.3, 0.4) is 0 Å². The summed E-state index contributed by atoms with van der Waals surface area (Å²) in [5, 5.41) is 0. The molecule has 0 saturated carbocycles. The first-order chi connectivity index (χ1) is 37.0. The lowest BCUT2D eigenvalue weighted by Crippen LogP contribution is -2.30. The summed E-state index contributed by atoms with van der Waals surface area (Å²) in [5.74, 6) is -1.07. The Morgan fingerprint density at radius 3 is 0.880 bits per heavy atom. The van der Waals surface area contributed by atoms with E-state index in [1.165, 1.54) is 103 Å². The highest BCUT2D eigenvalue weighted by atomic mass is 16.6. The second-order valence-electron chi connectivity index (χ2n) is 19.9. The predicted octanol–water partition coefficient (Wildman–Crippen LogP) is 21.0. The summed E-state index contributed by atoms with van der Waals surface area (Å²) in [4.78, 5) is 38.2. The Balaban J connectivity index is 4.38. The van der Waals surface area contributed by atoms with Crippen LogP contribution in [0.15, 0.2) is 134 Å². The van der Waals surface area contributed by atoms with Gasteiger partial charge in [-0.25, -0.2) is 0 Å². The number of hydrogen-bond donors (Lipinski definition) is 0. The number of unbranched alkanes of at least 4 members (excludes halogenated alkanes) is 22. The monoisotopic (exact) mass is 1040 g/mol. The van der Waals surface area contributed by atoms with Gasteiger partial charge in [-0.15, -0.1) is 0 Å². The maximum absolute atomic E-state index is 12.8. The minimum atomic E-state index is -0.843. The first-order valence-electron chi connectivity index (χ1n) is 30.7. The zero-order chi connectivity index (χ0) is 54.3. The third-order valence-corrected chi connectivity index (χ3v) is 12.7. The molecule has 0 fully saturated rings. The van der Waals surface area contributed by atoms with E-state index in [1.54, 1.807) is 6.08 Å². The van der Waals surface area contributed by atoms with Crippen LogP contribution < -0.4 is 0 Å². The number of carbonyl (C=O) groups is 3. The van der Waals surface area contributed by atoms with Crippen molar-refractivity contribution in [3.63, 3.8) is 0 Å².